The molecule has 2 N–H and O–H groups in total. The van der Waals surface area contributed by atoms with Crippen molar-refractivity contribution >= 4 is 39.7 Å². The zero-order valence-electron chi connectivity index (χ0n) is 13.6. The second-order valence-corrected chi connectivity index (χ2v) is 7.33. The minimum absolute atomic E-state index is 0.150. The molecule has 1 aliphatic rings. The third-order valence-electron chi connectivity index (χ3n) is 4.46. The Kier molecular flexibility index (Phi) is 3.81. The fourth-order valence-electron chi connectivity index (χ4n) is 2.90. The Labute approximate surface area is 148 Å². The van der Waals surface area contributed by atoms with Crippen molar-refractivity contribution in [3.8, 4) is 6.07 Å². The summed E-state index contributed by atoms with van der Waals surface area (Å²) in [5.74, 6) is 0.213. The number of nitriles is 1. The Balaban J connectivity index is 1.46. The molecule has 2 aromatic heterocycles. The van der Waals surface area contributed by atoms with Gasteiger partial charge in [0.25, 0.3) is 0 Å². The second kappa shape index (κ2) is 6.01. The van der Waals surface area contributed by atoms with Crippen LogP contribution in [0.5, 0.6) is 0 Å². The average molecular weight is 352 g/mol. The number of aromatic nitrogens is 4. The van der Waals surface area contributed by atoms with Crippen LogP contribution in [0.25, 0.3) is 22.1 Å². The summed E-state index contributed by atoms with van der Waals surface area (Å²) < 4.78 is 0. The number of fused-ring (bicyclic) bond motifs is 3. The number of carbonyl (C=O) groups excluding carboxylic acids is 1. The van der Waals surface area contributed by atoms with Crippen molar-refractivity contribution in [1.29, 1.82) is 5.26 Å². The molecule has 126 valence electrons. The zero-order chi connectivity index (χ0) is 17.4. The molecule has 0 radical (unpaired) electrons. The smallest absolute Gasteiger partial charge is 0.231 e. The highest BCUT2D eigenvalue weighted by atomic mass is 32.2. The van der Waals surface area contributed by atoms with E-state index in [0.717, 1.165) is 29.3 Å². The van der Waals surface area contributed by atoms with Crippen molar-refractivity contribution in [3.05, 3.63) is 24.3 Å². The number of benzene rings is 1. The van der Waals surface area contributed by atoms with Crippen molar-refractivity contribution in [2.45, 2.75) is 30.5 Å². The van der Waals surface area contributed by atoms with E-state index in [9.17, 15) is 10.1 Å². The first-order valence-corrected chi connectivity index (χ1v) is 9.04. The molecule has 1 aromatic carbocycles. The Bertz CT molecular complexity index is 1010. The summed E-state index contributed by atoms with van der Waals surface area (Å²) in [5.41, 5.74) is 1.54. The zero-order valence-corrected chi connectivity index (χ0v) is 14.4. The highest BCUT2D eigenvalue weighted by molar-refractivity contribution is 7.99. The van der Waals surface area contributed by atoms with E-state index in [4.69, 9.17) is 0 Å². The largest absolute Gasteiger partial charge is 0.338 e. The molecule has 0 saturated heterocycles. The lowest BCUT2D eigenvalue weighted by Gasteiger charge is -2.22. The minimum atomic E-state index is -0.780. The fourth-order valence-corrected chi connectivity index (χ4v) is 3.49. The SMILES string of the molecule is C[C@](C#N)(NC(=O)CSc1nnc2c(n1)[nH]c1ccccc12)C1CC1. The van der Waals surface area contributed by atoms with Crippen molar-refractivity contribution in [2.24, 2.45) is 5.92 Å². The molecule has 4 rings (SSSR count). The number of para-hydroxylation sites is 1. The van der Waals surface area contributed by atoms with Gasteiger partial charge >= 0.3 is 0 Å². The molecule has 1 amide bonds. The molecular formula is C17H16N6OS. The number of hydrogen-bond acceptors (Lipinski definition) is 6. The number of carbonyl (C=O) groups is 1. The Hall–Kier alpha value is -2.66. The predicted molar refractivity (Wildman–Crippen MR) is 94.8 cm³/mol. The third-order valence-corrected chi connectivity index (χ3v) is 5.30. The summed E-state index contributed by atoms with van der Waals surface area (Å²) >= 11 is 1.21. The molecule has 7 nitrogen and oxygen atoms in total. The highest BCUT2D eigenvalue weighted by Gasteiger charge is 2.42. The van der Waals surface area contributed by atoms with Crippen LogP contribution in [-0.4, -0.2) is 37.4 Å². The van der Waals surface area contributed by atoms with Crippen LogP contribution in [-0.2, 0) is 4.79 Å². The van der Waals surface area contributed by atoms with Crippen LogP contribution < -0.4 is 5.32 Å². The molecule has 2 heterocycles. The molecule has 1 atom stereocenters. The van der Waals surface area contributed by atoms with Gasteiger partial charge in [-0.2, -0.15) is 5.26 Å². The fraction of sp³-hybridized carbons (Fsp3) is 0.353. The monoisotopic (exact) mass is 352 g/mol. The maximum absolute atomic E-state index is 12.2. The van der Waals surface area contributed by atoms with Gasteiger partial charge in [0, 0.05) is 10.9 Å². The van der Waals surface area contributed by atoms with Crippen LogP contribution in [0.1, 0.15) is 19.8 Å². The van der Waals surface area contributed by atoms with Crippen molar-refractivity contribution < 1.29 is 4.79 Å². The van der Waals surface area contributed by atoms with Crippen LogP contribution in [0.3, 0.4) is 0 Å². The molecule has 3 aromatic rings. The molecular weight excluding hydrogens is 336 g/mol. The number of H-pyrrole nitrogens is 1. The molecule has 8 heteroatoms. The summed E-state index contributed by atoms with van der Waals surface area (Å²) in [7, 11) is 0. The lowest BCUT2D eigenvalue weighted by atomic mass is 9.98. The highest BCUT2D eigenvalue weighted by Crippen LogP contribution is 2.39. The van der Waals surface area contributed by atoms with Gasteiger partial charge in [0.15, 0.2) is 5.65 Å². The predicted octanol–water partition coefficient (Wildman–Crippen LogP) is 2.41. The van der Waals surface area contributed by atoms with E-state index in [1.54, 1.807) is 6.92 Å². The van der Waals surface area contributed by atoms with E-state index in [1.165, 1.54) is 11.8 Å². The summed E-state index contributed by atoms with van der Waals surface area (Å²) in [5, 5.41) is 21.9. The van der Waals surface area contributed by atoms with Gasteiger partial charge in [0.05, 0.1) is 11.8 Å². The van der Waals surface area contributed by atoms with Crippen molar-refractivity contribution in [1.82, 2.24) is 25.5 Å². The number of thioether (sulfide) groups is 1. The molecule has 0 bridgehead atoms. The topological polar surface area (TPSA) is 107 Å². The van der Waals surface area contributed by atoms with Gasteiger partial charge < -0.3 is 10.3 Å². The normalized spacial score (nSPS) is 16.5. The molecule has 0 unspecified atom stereocenters. The van der Waals surface area contributed by atoms with E-state index in [0.29, 0.717) is 10.8 Å². The van der Waals surface area contributed by atoms with Crippen LogP contribution in [0.4, 0.5) is 0 Å². The first-order valence-electron chi connectivity index (χ1n) is 8.05. The van der Waals surface area contributed by atoms with Gasteiger partial charge in [-0.05, 0) is 31.7 Å². The van der Waals surface area contributed by atoms with Crippen LogP contribution >= 0.6 is 11.8 Å². The number of amides is 1. The summed E-state index contributed by atoms with van der Waals surface area (Å²) in [4.78, 5) is 19.8. The Morgan fingerprint density at radius 2 is 2.24 bits per heavy atom. The lowest BCUT2D eigenvalue weighted by Crippen LogP contribution is -2.47. The number of hydrogen-bond donors (Lipinski definition) is 2. The first kappa shape index (κ1) is 15.8. The Morgan fingerprint density at radius 3 is 3.00 bits per heavy atom. The summed E-state index contributed by atoms with van der Waals surface area (Å²) in [6.45, 7) is 1.78. The quantitative estimate of drug-likeness (QED) is 0.683. The van der Waals surface area contributed by atoms with Gasteiger partial charge in [0.2, 0.25) is 11.1 Å². The molecule has 25 heavy (non-hydrogen) atoms. The lowest BCUT2D eigenvalue weighted by molar-refractivity contribution is -0.119. The summed E-state index contributed by atoms with van der Waals surface area (Å²) in [6, 6.07) is 10.0. The molecule has 1 saturated carbocycles. The van der Waals surface area contributed by atoms with Gasteiger partial charge in [-0.15, -0.1) is 10.2 Å². The third kappa shape index (κ3) is 3.03. The van der Waals surface area contributed by atoms with Crippen LogP contribution in [0.2, 0.25) is 0 Å². The number of aromatic amines is 1. The molecule has 0 aliphatic heterocycles. The minimum Gasteiger partial charge on any atom is -0.338 e. The molecule has 1 aliphatic carbocycles. The first-order chi connectivity index (χ1) is 12.1. The summed E-state index contributed by atoms with van der Waals surface area (Å²) in [6.07, 6.45) is 1.98. The van der Waals surface area contributed by atoms with Gasteiger partial charge in [0.1, 0.15) is 11.1 Å². The number of nitrogens with one attached hydrogen (secondary N) is 2. The maximum Gasteiger partial charge on any atom is 0.231 e. The van der Waals surface area contributed by atoms with Gasteiger partial charge in [-0.1, -0.05) is 30.0 Å². The number of rotatable bonds is 5. The molecule has 0 spiro atoms. The van der Waals surface area contributed by atoms with Crippen LogP contribution in [0, 0.1) is 17.2 Å². The number of nitrogens with zero attached hydrogens (tertiary/aromatic N) is 4. The van der Waals surface area contributed by atoms with Crippen molar-refractivity contribution in [3.63, 3.8) is 0 Å². The van der Waals surface area contributed by atoms with E-state index < -0.39 is 5.54 Å². The molecule has 1 fully saturated rings. The van der Waals surface area contributed by atoms with Crippen molar-refractivity contribution in [2.75, 3.05) is 5.75 Å². The van der Waals surface area contributed by atoms with Gasteiger partial charge in [-0.3, -0.25) is 4.79 Å². The second-order valence-electron chi connectivity index (χ2n) is 6.39. The van der Waals surface area contributed by atoms with Crippen LogP contribution in [0.15, 0.2) is 29.4 Å². The standard InChI is InChI=1S/C17H16N6OS/c1-17(9-18,10-6-7-10)21-13(24)8-25-16-20-15-14(22-23-16)11-4-2-3-5-12(11)19-15/h2-5,10H,6-8H2,1H3,(H,21,24)(H,19,20,23)/t17-/m1/s1. The Morgan fingerprint density at radius 1 is 1.44 bits per heavy atom. The van der Waals surface area contributed by atoms with Gasteiger partial charge in [-0.25, -0.2) is 4.98 Å². The maximum atomic E-state index is 12.2. The van der Waals surface area contributed by atoms with E-state index in [2.05, 4.69) is 31.6 Å². The van der Waals surface area contributed by atoms with E-state index in [1.807, 2.05) is 24.3 Å². The van der Waals surface area contributed by atoms with E-state index >= 15 is 0 Å². The average Bonchev–Trinajstić information content (AvgIpc) is 3.41. The van der Waals surface area contributed by atoms with E-state index in [-0.39, 0.29) is 17.6 Å².